The fraction of sp³-hybridized carbons (Fsp3) is 0.379. The summed E-state index contributed by atoms with van der Waals surface area (Å²) in [5.41, 5.74) is 5.89. The van der Waals surface area contributed by atoms with Gasteiger partial charge in [0, 0.05) is 11.8 Å². The number of benzene rings is 3. The third kappa shape index (κ3) is 6.00. The largest absolute Gasteiger partial charge is 0.541 e. The van der Waals surface area contributed by atoms with Gasteiger partial charge in [0.15, 0.2) is 0 Å². The third-order valence-electron chi connectivity index (χ3n) is 6.49. The average molecular weight is 462 g/mol. The van der Waals surface area contributed by atoms with Gasteiger partial charge in [-0.1, -0.05) is 84.0 Å². The Kier molecular flexibility index (Phi) is 8.25. The molecule has 0 saturated carbocycles. The molecule has 0 amide bonds. The molecule has 0 unspecified atom stereocenters. The van der Waals surface area contributed by atoms with Crippen molar-refractivity contribution < 1.29 is 9.16 Å². The number of anilines is 2. The fourth-order valence-corrected chi connectivity index (χ4v) is 10.2. The zero-order valence-corrected chi connectivity index (χ0v) is 22.2. The van der Waals surface area contributed by atoms with Crippen LogP contribution in [-0.2, 0) is 6.61 Å². The molecular formula is C29H39NO2Si. The first-order valence-corrected chi connectivity index (χ1v) is 14.2. The Morgan fingerprint density at radius 3 is 2.06 bits per heavy atom. The lowest BCUT2D eigenvalue weighted by Gasteiger charge is -2.42. The van der Waals surface area contributed by atoms with Crippen molar-refractivity contribution in [1.29, 1.82) is 0 Å². The van der Waals surface area contributed by atoms with E-state index in [1.54, 1.807) is 0 Å². The van der Waals surface area contributed by atoms with Crippen molar-refractivity contribution in [2.45, 2.75) is 71.7 Å². The first kappa shape index (κ1) is 24.9. The van der Waals surface area contributed by atoms with Crippen molar-refractivity contribution in [1.82, 2.24) is 0 Å². The summed E-state index contributed by atoms with van der Waals surface area (Å²) in [6.07, 6.45) is 0. The van der Waals surface area contributed by atoms with Gasteiger partial charge in [-0.3, -0.25) is 0 Å². The van der Waals surface area contributed by atoms with Gasteiger partial charge >= 0.3 is 0 Å². The Morgan fingerprint density at radius 1 is 0.758 bits per heavy atom. The summed E-state index contributed by atoms with van der Waals surface area (Å²) in [7, 11) is -2.07. The molecule has 176 valence electrons. The first-order chi connectivity index (χ1) is 15.7. The van der Waals surface area contributed by atoms with Gasteiger partial charge in [-0.2, -0.15) is 0 Å². The minimum absolute atomic E-state index is 0.514. The minimum Gasteiger partial charge on any atom is -0.541 e. The lowest BCUT2D eigenvalue weighted by atomic mass is 10.2. The number of nitrogens with one attached hydrogen (secondary N) is 1. The molecule has 0 aliphatic carbocycles. The van der Waals surface area contributed by atoms with Crippen LogP contribution in [0.15, 0.2) is 72.8 Å². The number of aryl methyl sites for hydroxylation is 1. The smallest absolute Gasteiger partial charge is 0.258 e. The summed E-state index contributed by atoms with van der Waals surface area (Å²) in [6, 6.07) is 24.8. The van der Waals surface area contributed by atoms with Crippen molar-refractivity contribution in [3.05, 3.63) is 83.9 Å². The monoisotopic (exact) mass is 461 g/mol. The number of rotatable bonds is 10. The number of hydrogen-bond acceptors (Lipinski definition) is 3. The molecule has 1 N–H and O–H groups in total. The Morgan fingerprint density at radius 2 is 1.42 bits per heavy atom. The van der Waals surface area contributed by atoms with E-state index in [0.717, 1.165) is 28.4 Å². The van der Waals surface area contributed by atoms with Crippen LogP contribution in [0.5, 0.6) is 11.5 Å². The van der Waals surface area contributed by atoms with Gasteiger partial charge < -0.3 is 14.5 Å². The van der Waals surface area contributed by atoms with Crippen LogP contribution in [0.2, 0.25) is 16.6 Å². The molecule has 0 atom stereocenters. The molecule has 0 aromatic heterocycles. The van der Waals surface area contributed by atoms with E-state index in [0.29, 0.717) is 23.2 Å². The summed E-state index contributed by atoms with van der Waals surface area (Å²) >= 11 is 0. The highest BCUT2D eigenvalue weighted by Crippen LogP contribution is 2.44. The molecule has 3 rings (SSSR count). The van der Waals surface area contributed by atoms with Crippen LogP contribution in [-0.4, -0.2) is 8.32 Å². The molecular weight excluding hydrogens is 422 g/mol. The van der Waals surface area contributed by atoms with E-state index in [4.69, 9.17) is 9.16 Å². The van der Waals surface area contributed by atoms with Crippen LogP contribution in [0, 0.1) is 6.92 Å². The molecule has 3 nitrogen and oxygen atoms in total. The van der Waals surface area contributed by atoms with Crippen LogP contribution in [0.1, 0.15) is 52.7 Å². The predicted molar refractivity (Wildman–Crippen MR) is 143 cm³/mol. The summed E-state index contributed by atoms with van der Waals surface area (Å²) in [6.45, 7) is 16.6. The van der Waals surface area contributed by atoms with Crippen molar-refractivity contribution in [2.24, 2.45) is 0 Å². The molecule has 4 heteroatoms. The van der Waals surface area contributed by atoms with Crippen LogP contribution >= 0.6 is 0 Å². The van der Waals surface area contributed by atoms with E-state index in [1.165, 1.54) is 5.56 Å². The van der Waals surface area contributed by atoms with E-state index in [2.05, 4.69) is 90.2 Å². The summed E-state index contributed by atoms with van der Waals surface area (Å²) in [4.78, 5) is 0. The molecule has 0 aliphatic heterocycles. The van der Waals surface area contributed by atoms with Crippen LogP contribution in [0.4, 0.5) is 11.4 Å². The highest BCUT2D eigenvalue weighted by molar-refractivity contribution is 6.78. The number of hydrogen-bond donors (Lipinski definition) is 1. The molecule has 3 aromatic rings. The van der Waals surface area contributed by atoms with Crippen LogP contribution < -0.4 is 14.5 Å². The molecule has 0 fully saturated rings. The number of ether oxygens (including phenoxy) is 1. The fourth-order valence-electron chi connectivity index (χ4n) is 4.92. The average Bonchev–Trinajstić information content (AvgIpc) is 2.78. The SMILES string of the molecule is Cc1ccc(Nc2cccc(OCc3ccccc3)c2)c(O[Si](C(C)C)(C(C)C)C(C)C)c1. The van der Waals surface area contributed by atoms with Gasteiger partial charge in [0.2, 0.25) is 0 Å². The van der Waals surface area contributed by atoms with Crippen molar-refractivity contribution >= 4 is 19.7 Å². The van der Waals surface area contributed by atoms with E-state index < -0.39 is 8.32 Å². The van der Waals surface area contributed by atoms with E-state index >= 15 is 0 Å². The molecule has 33 heavy (non-hydrogen) atoms. The topological polar surface area (TPSA) is 30.5 Å². The molecule has 0 bridgehead atoms. The normalized spacial score (nSPS) is 11.8. The van der Waals surface area contributed by atoms with Crippen LogP contribution in [0.3, 0.4) is 0 Å². The van der Waals surface area contributed by atoms with Gasteiger partial charge in [-0.25, -0.2) is 0 Å². The first-order valence-electron chi connectivity index (χ1n) is 12.1. The molecule has 0 heterocycles. The lowest BCUT2D eigenvalue weighted by molar-refractivity contribution is 0.306. The predicted octanol–water partition coefficient (Wildman–Crippen LogP) is 8.87. The molecule has 0 aliphatic rings. The van der Waals surface area contributed by atoms with Gasteiger partial charge in [0.1, 0.15) is 18.1 Å². The maximum absolute atomic E-state index is 7.05. The van der Waals surface area contributed by atoms with E-state index in [9.17, 15) is 0 Å². The maximum Gasteiger partial charge on any atom is 0.258 e. The summed E-state index contributed by atoms with van der Waals surface area (Å²) in [5.74, 6) is 1.79. The van der Waals surface area contributed by atoms with Gasteiger partial charge in [-0.15, -0.1) is 0 Å². The van der Waals surface area contributed by atoms with Crippen LogP contribution in [0.25, 0.3) is 0 Å². The minimum atomic E-state index is -2.07. The van der Waals surface area contributed by atoms with Crippen molar-refractivity contribution in [3.63, 3.8) is 0 Å². The second-order valence-electron chi connectivity index (χ2n) is 9.85. The van der Waals surface area contributed by atoms with Crippen molar-refractivity contribution in [3.8, 4) is 11.5 Å². The highest BCUT2D eigenvalue weighted by Gasteiger charge is 2.47. The van der Waals surface area contributed by atoms with Crippen molar-refractivity contribution in [2.75, 3.05) is 5.32 Å². The summed E-state index contributed by atoms with van der Waals surface area (Å²) in [5, 5.41) is 3.59. The van der Waals surface area contributed by atoms with E-state index in [1.807, 2.05) is 36.4 Å². The molecule has 0 spiro atoms. The molecule has 3 aromatic carbocycles. The van der Waals surface area contributed by atoms with Gasteiger partial charge in [0.05, 0.1) is 5.69 Å². The highest BCUT2D eigenvalue weighted by atomic mass is 28.4. The lowest BCUT2D eigenvalue weighted by Crippen LogP contribution is -2.50. The summed E-state index contributed by atoms with van der Waals surface area (Å²) < 4.78 is 13.1. The Hall–Kier alpha value is -2.72. The second kappa shape index (κ2) is 10.9. The Bertz CT molecular complexity index is 1010. The third-order valence-corrected chi connectivity index (χ3v) is 12.5. The molecule has 0 radical (unpaired) electrons. The Labute approximate surface area is 201 Å². The van der Waals surface area contributed by atoms with Gasteiger partial charge in [0.25, 0.3) is 8.32 Å². The maximum atomic E-state index is 7.05. The standard InChI is InChI=1S/C29H39NO2Si/c1-21(2)33(22(3)4,23(5)6)32-29-18-24(7)16-17-28(29)30-26-14-11-15-27(19-26)31-20-25-12-9-8-10-13-25/h8-19,21-23,30H,20H2,1-7H3. The second-order valence-corrected chi connectivity index (χ2v) is 15.2. The zero-order valence-electron chi connectivity index (χ0n) is 21.2. The van der Waals surface area contributed by atoms with E-state index in [-0.39, 0.29) is 0 Å². The molecule has 0 saturated heterocycles. The Balaban J connectivity index is 1.85. The quantitative estimate of drug-likeness (QED) is 0.306. The van der Waals surface area contributed by atoms with Gasteiger partial charge in [-0.05, 0) is 58.9 Å². The zero-order chi connectivity index (χ0) is 24.0.